The number of phenolic OH excluding ortho intramolecular Hbond substituents is 2. The summed E-state index contributed by atoms with van der Waals surface area (Å²) in [5, 5.41) is 48.9. The van der Waals surface area contributed by atoms with Crippen molar-refractivity contribution < 1.29 is 43.5 Å². The molecule has 15 nitrogen and oxygen atoms in total. The SMILES string of the molecule is COc1cc(OC)c(NC(=O)c2cc3ccccc3c(/N=N/c3ccc4c(c3)C(=O)c3cc(/N=N/c5c(O)c(C(=O)Nc6cc(Cl)c(OC)cc6OC)cc6ccccc56)ccc3-4)c2O)cc1Cl. The molecule has 0 radical (unpaired) electrons. The Hall–Kier alpha value is -8.53. The number of methoxy groups -OCH3 is 4. The van der Waals surface area contributed by atoms with Crippen molar-refractivity contribution in [3.05, 3.63) is 154 Å². The van der Waals surface area contributed by atoms with E-state index in [0.29, 0.717) is 66.7 Å². The van der Waals surface area contributed by atoms with Crippen molar-refractivity contribution >= 4 is 96.5 Å². The minimum absolute atomic E-state index is 0.0328. The second-order valence-electron chi connectivity index (χ2n) is 15.2. The number of hydrogen-bond donors (Lipinski definition) is 4. The molecule has 68 heavy (non-hydrogen) atoms. The molecule has 0 bridgehead atoms. The molecular weight excluding hydrogens is 911 g/mol. The molecule has 2 amide bonds. The second kappa shape index (κ2) is 18.4. The van der Waals surface area contributed by atoms with E-state index < -0.39 is 23.3 Å². The zero-order chi connectivity index (χ0) is 47.8. The summed E-state index contributed by atoms with van der Waals surface area (Å²) in [6.45, 7) is 0. The van der Waals surface area contributed by atoms with Gasteiger partial charge in [-0.05, 0) is 70.4 Å². The Kier molecular flexibility index (Phi) is 12.1. The number of ether oxygens (including phenoxy) is 4. The first-order valence-corrected chi connectivity index (χ1v) is 21.3. The highest BCUT2D eigenvalue weighted by Gasteiger charge is 2.28. The molecule has 0 heterocycles. The van der Waals surface area contributed by atoms with E-state index in [4.69, 9.17) is 42.1 Å². The molecule has 0 fully saturated rings. The summed E-state index contributed by atoms with van der Waals surface area (Å²) in [5.74, 6) is -1.21. The normalized spacial score (nSPS) is 11.8. The van der Waals surface area contributed by atoms with Crippen LogP contribution in [0.25, 0.3) is 32.7 Å². The summed E-state index contributed by atoms with van der Waals surface area (Å²) in [4.78, 5) is 41.4. The number of rotatable bonds is 12. The lowest BCUT2D eigenvalue weighted by Crippen LogP contribution is -2.13. The number of nitrogens with one attached hydrogen (secondary N) is 2. The van der Waals surface area contributed by atoms with Gasteiger partial charge < -0.3 is 39.8 Å². The van der Waals surface area contributed by atoms with Crippen molar-refractivity contribution in [2.24, 2.45) is 20.5 Å². The smallest absolute Gasteiger partial charge is 0.259 e. The highest BCUT2D eigenvalue weighted by molar-refractivity contribution is 6.33. The van der Waals surface area contributed by atoms with Crippen molar-refractivity contribution in [1.29, 1.82) is 0 Å². The van der Waals surface area contributed by atoms with Gasteiger partial charge in [0, 0.05) is 34.0 Å². The maximum atomic E-state index is 14.0. The van der Waals surface area contributed by atoms with Gasteiger partial charge in [-0.25, -0.2) is 0 Å². The number of azo groups is 2. The van der Waals surface area contributed by atoms with Gasteiger partial charge in [-0.2, -0.15) is 10.2 Å². The zero-order valence-corrected chi connectivity index (χ0v) is 37.9. The molecule has 0 aliphatic heterocycles. The van der Waals surface area contributed by atoms with E-state index >= 15 is 0 Å². The lowest BCUT2D eigenvalue weighted by Gasteiger charge is -2.14. The average molecular weight is 948 g/mol. The molecule has 0 spiro atoms. The standard InChI is InChI=1S/C51H36Cl2N6O9/c1-65-41-23-43(67-3)39(21-37(41)52)54-50(63)35-17-25-9-5-7-11-29(25)45(48(35)61)58-56-27-13-15-31-32-16-14-28(20-34(32)47(60)33(31)19-27)57-59-46-30-12-8-6-10-26(30)18-36(49(46)62)51(64)55-40-22-38(53)42(66-2)24-44(40)68-4/h5-24,61-62H,1-4H3,(H,54,63)(H,55,64)/b58-56+,59-57+. The Balaban J connectivity index is 0.985. The summed E-state index contributed by atoms with van der Waals surface area (Å²) in [6, 6.07) is 33.3. The van der Waals surface area contributed by atoms with Crippen LogP contribution in [0.3, 0.4) is 0 Å². The zero-order valence-electron chi connectivity index (χ0n) is 36.3. The first-order valence-electron chi connectivity index (χ1n) is 20.5. The van der Waals surface area contributed by atoms with Gasteiger partial charge in [0.15, 0.2) is 17.3 Å². The van der Waals surface area contributed by atoms with Crippen molar-refractivity contribution in [1.82, 2.24) is 0 Å². The Labute approximate surface area is 397 Å². The summed E-state index contributed by atoms with van der Waals surface area (Å²) in [7, 11) is 5.78. The molecule has 0 aromatic heterocycles. The molecule has 338 valence electrons. The summed E-state index contributed by atoms with van der Waals surface area (Å²) in [6.07, 6.45) is 0. The quantitative estimate of drug-likeness (QED) is 0.0860. The maximum Gasteiger partial charge on any atom is 0.259 e. The third-order valence-corrected chi connectivity index (χ3v) is 11.8. The number of carbonyl (C=O) groups excluding carboxylic acids is 3. The molecule has 8 aromatic carbocycles. The Bertz CT molecular complexity index is 3260. The molecule has 9 rings (SSSR count). The van der Waals surface area contributed by atoms with E-state index in [2.05, 4.69) is 31.1 Å². The molecule has 1 aliphatic carbocycles. The number of hydrogen-bond acceptors (Lipinski definition) is 13. The summed E-state index contributed by atoms with van der Waals surface area (Å²) < 4.78 is 21.4. The fraction of sp³-hybridized carbons (Fsp3) is 0.0784. The highest BCUT2D eigenvalue weighted by atomic mass is 35.5. The van der Waals surface area contributed by atoms with E-state index in [1.807, 2.05) is 0 Å². The van der Waals surface area contributed by atoms with Crippen LogP contribution in [0.4, 0.5) is 34.1 Å². The van der Waals surface area contributed by atoms with E-state index in [9.17, 15) is 24.6 Å². The van der Waals surface area contributed by atoms with Gasteiger partial charge in [0.2, 0.25) is 0 Å². The number of amides is 2. The first kappa shape index (κ1) is 44.7. The fourth-order valence-electron chi connectivity index (χ4n) is 7.87. The number of ketones is 1. The molecule has 4 N–H and O–H groups in total. The van der Waals surface area contributed by atoms with Crippen LogP contribution in [0.15, 0.2) is 142 Å². The third-order valence-electron chi connectivity index (χ3n) is 11.2. The number of phenols is 2. The summed E-state index contributed by atoms with van der Waals surface area (Å²) in [5.41, 5.74) is 3.03. The van der Waals surface area contributed by atoms with Crippen LogP contribution >= 0.6 is 23.2 Å². The number of carbonyl (C=O) groups is 3. The topological polar surface area (TPSA) is 202 Å². The number of benzene rings is 8. The average Bonchev–Trinajstić information content (AvgIpc) is 3.62. The van der Waals surface area contributed by atoms with Crippen LogP contribution in [0.1, 0.15) is 36.6 Å². The molecule has 0 saturated carbocycles. The predicted octanol–water partition coefficient (Wildman–Crippen LogP) is 13.3. The Morgan fingerprint density at radius 1 is 0.485 bits per heavy atom. The lowest BCUT2D eigenvalue weighted by molar-refractivity contribution is 0.101. The monoisotopic (exact) mass is 946 g/mol. The van der Waals surface area contributed by atoms with E-state index in [1.165, 1.54) is 64.8 Å². The van der Waals surface area contributed by atoms with Crippen LogP contribution in [-0.4, -0.2) is 56.2 Å². The molecule has 8 aromatic rings. The van der Waals surface area contributed by atoms with Gasteiger partial charge in [-0.1, -0.05) is 83.9 Å². The van der Waals surface area contributed by atoms with Gasteiger partial charge in [-0.3, -0.25) is 14.4 Å². The van der Waals surface area contributed by atoms with Crippen LogP contribution in [0.2, 0.25) is 10.0 Å². The van der Waals surface area contributed by atoms with Crippen LogP contribution in [0.5, 0.6) is 34.5 Å². The molecule has 0 saturated heterocycles. The number of halogens is 2. The Morgan fingerprint density at radius 3 is 1.28 bits per heavy atom. The van der Waals surface area contributed by atoms with E-state index in [-0.39, 0.29) is 61.2 Å². The minimum atomic E-state index is -0.664. The van der Waals surface area contributed by atoms with Gasteiger partial charge in [0.1, 0.15) is 34.4 Å². The van der Waals surface area contributed by atoms with Crippen LogP contribution in [0, 0.1) is 0 Å². The fourth-order valence-corrected chi connectivity index (χ4v) is 8.35. The number of nitrogens with zero attached hydrogens (tertiary/aromatic N) is 4. The van der Waals surface area contributed by atoms with Crippen LogP contribution < -0.4 is 29.6 Å². The predicted molar refractivity (Wildman–Crippen MR) is 260 cm³/mol. The number of fused-ring (bicyclic) bond motifs is 5. The van der Waals surface area contributed by atoms with Gasteiger partial charge in [0.05, 0.1) is 72.4 Å². The van der Waals surface area contributed by atoms with Gasteiger partial charge in [0.25, 0.3) is 11.8 Å². The van der Waals surface area contributed by atoms with Crippen molar-refractivity contribution in [3.63, 3.8) is 0 Å². The number of aromatic hydroxyl groups is 2. The van der Waals surface area contributed by atoms with Crippen molar-refractivity contribution in [2.75, 3.05) is 39.1 Å². The van der Waals surface area contributed by atoms with E-state index in [1.54, 1.807) is 84.9 Å². The Morgan fingerprint density at radius 2 is 0.882 bits per heavy atom. The largest absolute Gasteiger partial charge is 0.505 e. The van der Waals surface area contributed by atoms with Gasteiger partial charge in [-0.15, -0.1) is 10.2 Å². The lowest BCUT2D eigenvalue weighted by atomic mass is 10.0. The van der Waals surface area contributed by atoms with Crippen molar-refractivity contribution in [3.8, 4) is 45.6 Å². The maximum absolute atomic E-state index is 14.0. The molecule has 0 unspecified atom stereocenters. The molecule has 17 heteroatoms. The molecular formula is C51H36Cl2N6O9. The van der Waals surface area contributed by atoms with Crippen LogP contribution in [-0.2, 0) is 0 Å². The minimum Gasteiger partial charge on any atom is -0.505 e. The first-order chi connectivity index (χ1) is 32.9. The molecule has 1 aliphatic rings. The van der Waals surface area contributed by atoms with Gasteiger partial charge >= 0.3 is 0 Å². The second-order valence-corrected chi connectivity index (χ2v) is 16.0. The molecule has 0 atom stereocenters. The van der Waals surface area contributed by atoms with E-state index in [0.717, 1.165) is 0 Å². The van der Waals surface area contributed by atoms with Crippen molar-refractivity contribution in [2.45, 2.75) is 0 Å². The third kappa shape index (κ3) is 8.20. The highest BCUT2D eigenvalue weighted by Crippen LogP contribution is 2.45. The summed E-state index contributed by atoms with van der Waals surface area (Å²) >= 11 is 12.7. The number of anilines is 2.